The third kappa shape index (κ3) is 3.39. The fourth-order valence-corrected chi connectivity index (χ4v) is 3.05. The Morgan fingerprint density at radius 1 is 1.15 bits per heavy atom. The fraction of sp³-hybridized carbons (Fsp3) is 0.200. The number of hydrogen-bond donors (Lipinski definition) is 1. The van der Waals surface area contributed by atoms with Crippen LogP contribution in [0.5, 0.6) is 5.75 Å². The lowest BCUT2D eigenvalue weighted by Gasteiger charge is -2.16. The van der Waals surface area contributed by atoms with E-state index in [-0.39, 0.29) is 0 Å². The van der Waals surface area contributed by atoms with Gasteiger partial charge in [0.05, 0.1) is 16.7 Å². The average Bonchev–Trinajstić information content (AvgIpc) is 2.42. The summed E-state index contributed by atoms with van der Waals surface area (Å²) >= 11 is 14.6. The number of halogens is 3. The van der Waals surface area contributed by atoms with Crippen molar-refractivity contribution in [2.45, 2.75) is 13.0 Å². The number of aliphatic hydroxyl groups excluding tert-OH is 1. The molecule has 0 aromatic heterocycles. The van der Waals surface area contributed by atoms with Crippen molar-refractivity contribution in [2.75, 3.05) is 6.61 Å². The van der Waals surface area contributed by atoms with Crippen LogP contribution in [-0.2, 0) is 0 Å². The highest BCUT2D eigenvalue weighted by atomic mass is 127. The number of hydrogen-bond acceptors (Lipinski definition) is 2. The topological polar surface area (TPSA) is 29.5 Å². The van der Waals surface area contributed by atoms with Crippen molar-refractivity contribution in [1.82, 2.24) is 0 Å². The standard InChI is InChI=1S/C15H13Cl2IO2/c1-2-20-14-8-11(16)10(7-12(14)17)15(19)9-5-3-4-6-13(9)18/h3-8,15,19H,2H2,1H3. The van der Waals surface area contributed by atoms with Crippen LogP contribution in [-0.4, -0.2) is 11.7 Å². The first-order chi connectivity index (χ1) is 9.54. The molecular formula is C15H13Cl2IO2. The van der Waals surface area contributed by atoms with E-state index >= 15 is 0 Å². The summed E-state index contributed by atoms with van der Waals surface area (Å²) in [4.78, 5) is 0. The minimum atomic E-state index is -0.816. The van der Waals surface area contributed by atoms with E-state index in [2.05, 4.69) is 22.6 Å². The second kappa shape index (κ2) is 6.98. The van der Waals surface area contributed by atoms with E-state index in [1.54, 1.807) is 12.1 Å². The Morgan fingerprint density at radius 3 is 2.50 bits per heavy atom. The molecule has 0 heterocycles. The van der Waals surface area contributed by atoms with E-state index in [0.717, 1.165) is 9.13 Å². The van der Waals surface area contributed by atoms with Crippen molar-refractivity contribution >= 4 is 45.8 Å². The third-order valence-corrected chi connectivity index (χ3v) is 4.45. The van der Waals surface area contributed by atoms with Gasteiger partial charge in [-0.15, -0.1) is 0 Å². The highest BCUT2D eigenvalue weighted by Crippen LogP contribution is 2.37. The van der Waals surface area contributed by atoms with Gasteiger partial charge in [-0.25, -0.2) is 0 Å². The van der Waals surface area contributed by atoms with Gasteiger partial charge in [0.2, 0.25) is 0 Å². The van der Waals surface area contributed by atoms with Crippen molar-refractivity contribution in [3.05, 3.63) is 61.1 Å². The Labute approximate surface area is 141 Å². The van der Waals surface area contributed by atoms with Gasteiger partial charge >= 0.3 is 0 Å². The molecule has 20 heavy (non-hydrogen) atoms. The molecule has 0 amide bonds. The van der Waals surface area contributed by atoms with Crippen LogP contribution in [0.2, 0.25) is 10.0 Å². The van der Waals surface area contributed by atoms with Gasteiger partial charge in [0.25, 0.3) is 0 Å². The zero-order valence-corrected chi connectivity index (χ0v) is 14.4. The largest absolute Gasteiger partial charge is 0.492 e. The maximum Gasteiger partial charge on any atom is 0.139 e. The van der Waals surface area contributed by atoms with Crippen molar-refractivity contribution < 1.29 is 9.84 Å². The lowest BCUT2D eigenvalue weighted by Crippen LogP contribution is -2.03. The summed E-state index contributed by atoms with van der Waals surface area (Å²) in [6.07, 6.45) is -0.816. The van der Waals surface area contributed by atoms with Crippen molar-refractivity contribution in [3.63, 3.8) is 0 Å². The smallest absolute Gasteiger partial charge is 0.139 e. The molecule has 2 aromatic rings. The molecule has 5 heteroatoms. The number of benzene rings is 2. The first-order valence-corrected chi connectivity index (χ1v) is 7.92. The van der Waals surface area contributed by atoms with Gasteiger partial charge in [0.15, 0.2) is 0 Å². The number of ether oxygens (including phenoxy) is 1. The molecule has 2 aromatic carbocycles. The van der Waals surface area contributed by atoms with Gasteiger partial charge in [-0.05, 0) is 47.2 Å². The highest BCUT2D eigenvalue weighted by molar-refractivity contribution is 14.1. The Balaban J connectivity index is 2.43. The Bertz CT molecular complexity index is 617. The predicted molar refractivity (Wildman–Crippen MR) is 90.9 cm³/mol. The normalized spacial score (nSPS) is 12.2. The van der Waals surface area contributed by atoms with Crippen LogP contribution < -0.4 is 4.74 Å². The summed E-state index contributed by atoms with van der Waals surface area (Å²) in [5.74, 6) is 0.526. The van der Waals surface area contributed by atoms with E-state index in [1.165, 1.54) is 0 Å². The monoisotopic (exact) mass is 422 g/mol. The Hall–Kier alpha value is -0.490. The molecule has 2 nitrogen and oxygen atoms in total. The molecule has 0 saturated heterocycles. The van der Waals surface area contributed by atoms with Gasteiger partial charge in [-0.2, -0.15) is 0 Å². The molecule has 2 rings (SSSR count). The molecule has 0 aliphatic rings. The molecular weight excluding hydrogens is 410 g/mol. The number of aliphatic hydroxyl groups is 1. The Morgan fingerprint density at radius 2 is 1.85 bits per heavy atom. The van der Waals surface area contributed by atoms with Crippen LogP contribution in [0.3, 0.4) is 0 Å². The van der Waals surface area contributed by atoms with E-state index < -0.39 is 6.10 Å². The van der Waals surface area contributed by atoms with E-state index in [0.29, 0.717) is 28.0 Å². The minimum Gasteiger partial charge on any atom is -0.492 e. The first kappa shape index (κ1) is 15.9. The SMILES string of the molecule is CCOc1cc(Cl)c(C(O)c2ccccc2I)cc1Cl. The third-order valence-electron chi connectivity index (χ3n) is 2.85. The summed E-state index contributed by atoms with van der Waals surface area (Å²) < 4.78 is 6.35. The molecule has 0 radical (unpaired) electrons. The second-order valence-electron chi connectivity index (χ2n) is 4.16. The summed E-state index contributed by atoms with van der Waals surface area (Å²) in [6, 6.07) is 10.9. The molecule has 0 fully saturated rings. The molecule has 0 aliphatic heterocycles. The average molecular weight is 423 g/mol. The van der Waals surface area contributed by atoms with Crippen molar-refractivity contribution in [1.29, 1.82) is 0 Å². The van der Waals surface area contributed by atoms with Gasteiger partial charge in [0.1, 0.15) is 11.9 Å². The maximum atomic E-state index is 10.5. The lowest BCUT2D eigenvalue weighted by molar-refractivity contribution is 0.219. The number of rotatable bonds is 4. The molecule has 0 saturated carbocycles. The molecule has 0 spiro atoms. The van der Waals surface area contributed by atoms with Gasteiger partial charge in [-0.1, -0.05) is 41.4 Å². The molecule has 1 N–H and O–H groups in total. The van der Waals surface area contributed by atoms with Crippen LogP contribution in [0.1, 0.15) is 24.2 Å². The minimum absolute atomic E-state index is 0.435. The van der Waals surface area contributed by atoms with Crippen LogP contribution in [0.25, 0.3) is 0 Å². The van der Waals surface area contributed by atoms with Crippen molar-refractivity contribution in [2.24, 2.45) is 0 Å². The highest BCUT2D eigenvalue weighted by Gasteiger charge is 2.18. The van der Waals surface area contributed by atoms with Gasteiger partial charge in [0, 0.05) is 15.2 Å². The van der Waals surface area contributed by atoms with Crippen molar-refractivity contribution in [3.8, 4) is 5.75 Å². The zero-order chi connectivity index (χ0) is 14.7. The predicted octanol–water partition coefficient (Wildman–Crippen LogP) is 5.08. The maximum absolute atomic E-state index is 10.5. The molecule has 0 aliphatic carbocycles. The second-order valence-corrected chi connectivity index (χ2v) is 6.14. The van der Waals surface area contributed by atoms with E-state index in [4.69, 9.17) is 27.9 Å². The van der Waals surface area contributed by atoms with E-state index in [1.807, 2.05) is 31.2 Å². The summed E-state index contributed by atoms with van der Waals surface area (Å²) in [6.45, 7) is 2.38. The van der Waals surface area contributed by atoms with Gasteiger partial charge in [-0.3, -0.25) is 0 Å². The van der Waals surface area contributed by atoms with Crippen LogP contribution in [0, 0.1) is 3.57 Å². The fourth-order valence-electron chi connectivity index (χ4n) is 1.88. The van der Waals surface area contributed by atoms with Gasteiger partial charge < -0.3 is 9.84 Å². The first-order valence-electron chi connectivity index (χ1n) is 6.08. The summed E-state index contributed by atoms with van der Waals surface area (Å²) in [5, 5.41) is 11.4. The summed E-state index contributed by atoms with van der Waals surface area (Å²) in [7, 11) is 0. The molecule has 0 bridgehead atoms. The Kier molecular flexibility index (Phi) is 5.55. The quantitative estimate of drug-likeness (QED) is 0.696. The molecule has 106 valence electrons. The van der Waals surface area contributed by atoms with Crippen LogP contribution >= 0.6 is 45.8 Å². The zero-order valence-electron chi connectivity index (χ0n) is 10.7. The molecule has 1 unspecified atom stereocenters. The van der Waals surface area contributed by atoms with Crippen LogP contribution in [0.4, 0.5) is 0 Å². The molecule has 1 atom stereocenters. The summed E-state index contributed by atoms with van der Waals surface area (Å²) in [5.41, 5.74) is 1.37. The van der Waals surface area contributed by atoms with Crippen LogP contribution in [0.15, 0.2) is 36.4 Å². The lowest BCUT2D eigenvalue weighted by atomic mass is 10.0. The van der Waals surface area contributed by atoms with E-state index in [9.17, 15) is 5.11 Å².